The van der Waals surface area contributed by atoms with Crippen LogP contribution < -0.4 is 10.3 Å². The minimum absolute atomic E-state index is 0.143. The van der Waals surface area contributed by atoms with E-state index in [1.165, 1.54) is 27.4 Å². The Labute approximate surface area is 162 Å². The molecular weight excluding hydrogens is 382 g/mol. The lowest BCUT2D eigenvalue weighted by Gasteiger charge is -2.07. The average molecular weight is 397 g/mol. The van der Waals surface area contributed by atoms with E-state index in [-0.39, 0.29) is 17.9 Å². The summed E-state index contributed by atoms with van der Waals surface area (Å²) < 4.78 is 7.08. The van der Waals surface area contributed by atoms with Crippen LogP contribution in [-0.2, 0) is 6.54 Å². The van der Waals surface area contributed by atoms with Crippen molar-refractivity contribution in [2.75, 3.05) is 7.11 Å². The van der Waals surface area contributed by atoms with Crippen molar-refractivity contribution in [2.45, 2.75) is 13.5 Å². The predicted octanol–water partition coefficient (Wildman–Crippen LogP) is 3.78. The number of rotatable bonds is 5. The average Bonchev–Trinajstić information content (AvgIpc) is 3.34. The molecule has 4 aromatic rings. The molecule has 4 rings (SSSR count). The highest BCUT2D eigenvalue weighted by Crippen LogP contribution is 2.32. The molecule has 0 saturated heterocycles. The Kier molecular flexibility index (Phi) is 4.59. The number of nitrogens with zero attached hydrogens (tertiary/aromatic N) is 3. The fourth-order valence-corrected chi connectivity index (χ4v) is 4.44. The van der Waals surface area contributed by atoms with E-state index in [1.807, 2.05) is 24.4 Å². The van der Waals surface area contributed by atoms with Crippen LogP contribution in [0.4, 0.5) is 0 Å². The van der Waals surface area contributed by atoms with Crippen molar-refractivity contribution >= 4 is 38.7 Å². The molecule has 0 aliphatic heterocycles. The van der Waals surface area contributed by atoms with Gasteiger partial charge in [-0.15, -0.1) is 22.7 Å². The van der Waals surface area contributed by atoms with Gasteiger partial charge in [-0.05, 0) is 42.6 Å². The normalized spacial score (nSPS) is 11.0. The predicted molar refractivity (Wildman–Crippen MR) is 107 cm³/mol. The summed E-state index contributed by atoms with van der Waals surface area (Å²) in [6, 6.07) is 10.7. The highest BCUT2D eigenvalue weighted by molar-refractivity contribution is 7.20. The fraction of sp³-hybridized carbons (Fsp3) is 0.158. The van der Waals surface area contributed by atoms with Crippen LogP contribution in [0.25, 0.3) is 20.8 Å². The number of fused-ring (bicyclic) bond motifs is 1. The molecule has 0 amide bonds. The van der Waals surface area contributed by atoms with Crippen molar-refractivity contribution in [1.82, 2.24) is 14.8 Å². The standard InChI is InChI=1S/C19H15N3O3S2/c1-11-20-17-18(27-11)16(15-4-3-9-26-15)21-22(19(17)24)10-14(23)12-5-7-13(25-2)8-6-12/h3-9H,10H2,1-2H3. The van der Waals surface area contributed by atoms with Gasteiger partial charge in [0.25, 0.3) is 5.56 Å². The van der Waals surface area contributed by atoms with Gasteiger partial charge >= 0.3 is 0 Å². The lowest BCUT2D eigenvalue weighted by atomic mass is 10.1. The van der Waals surface area contributed by atoms with Crippen LogP contribution in [0.2, 0.25) is 0 Å². The molecule has 0 aliphatic carbocycles. The second-order valence-corrected chi connectivity index (χ2v) is 8.00. The Hall–Kier alpha value is -2.84. The highest BCUT2D eigenvalue weighted by Gasteiger charge is 2.18. The van der Waals surface area contributed by atoms with Crippen molar-refractivity contribution in [3.8, 4) is 16.3 Å². The molecule has 0 unspecified atom stereocenters. The molecule has 0 spiro atoms. The first kappa shape index (κ1) is 17.6. The molecule has 0 aliphatic rings. The van der Waals surface area contributed by atoms with Crippen molar-refractivity contribution in [3.63, 3.8) is 0 Å². The molecule has 27 heavy (non-hydrogen) atoms. The second-order valence-electron chi connectivity index (χ2n) is 5.85. The van der Waals surface area contributed by atoms with E-state index in [4.69, 9.17) is 4.74 Å². The third kappa shape index (κ3) is 3.29. The van der Waals surface area contributed by atoms with E-state index < -0.39 is 0 Å². The topological polar surface area (TPSA) is 74.1 Å². The SMILES string of the molecule is COc1ccc(C(=O)Cn2nc(-c3cccs3)c3sc(C)nc3c2=O)cc1. The lowest BCUT2D eigenvalue weighted by molar-refractivity contribution is 0.0966. The van der Waals surface area contributed by atoms with E-state index in [1.54, 1.807) is 31.4 Å². The number of Topliss-reactive ketones (excluding diaryl/α,β-unsaturated/α-hetero) is 1. The highest BCUT2D eigenvalue weighted by atomic mass is 32.1. The van der Waals surface area contributed by atoms with Gasteiger partial charge in [-0.25, -0.2) is 9.67 Å². The van der Waals surface area contributed by atoms with E-state index in [9.17, 15) is 9.59 Å². The molecule has 3 aromatic heterocycles. The molecule has 0 radical (unpaired) electrons. The molecule has 0 atom stereocenters. The molecule has 6 nitrogen and oxygen atoms in total. The molecule has 136 valence electrons. The second kappa shape index (κ2) is 7.05. The number of ether oxygens (including phenoxy) is 1. The van der Waals surface area contributed by atoms with Crippen LogP contribution in [-0.4, -0.2) is 27.7 Å². The maximum absolute atomic E-state index is 12.8. The number of thiazole rings is 1. The third-order valence-corrected chi connectivity index (χ3v) is 5.92. The molecular formula is C19H15N3O3S2. The minimum atomic E-state index is -0.350. The summed E-state index contributed by atoms with van der Waals surface area (Å²) in [5.74, 6) is 0.469. The molecule has 0 saturated carbocycles. The largest absolute Gasteiger partial charge is 0.497 e. The number of carbonyl (C=O) groups excluding carboxylic acids is 1. The number of methoxy groups -OCH3 is 1. The van der Waals surface area contributed by atoms with Gasteiger partial charge < -0.3 is 4.74 Å². The molecule has 3 heterocycles. The van der Waals surface area contributed by atoms with Gasteiger partial charge in [0.05, 0.1) is 21.7 Å². The number of thiophene rings is 1. The van der Waals surface area contributed by atoms with Crippen LogP contribution in [0.15, 0.2) is 46.6 Å². The number of benzene rings is 1. The number of aryl methyl sites for hydroxylation is 1. The summed E-state index contributed by atoms with van der Waals surface area (Å²) in [6.07, 6.45) is 0. The number of hydrogen-bond acceptors (Lipinski definition) is 7. The summed E-state index contributed by atoms with van der Waals surface area (Å²) in [5, 5.41) is 7.24. The van der Waals surface area contributed by atoms with Gasteiger partial charge in [-0.1, -0.05) is 6.07 Å². The molecule has 0 bridgehead atoms. The zero-order valence-corrected chi connectivity index (χ0v) is 16.3. The monoisotopic (exact) mass is 397 g/mol. The van der Waals surface area contributed by atoms with E-state index >= 15 is 0 Å². The Bertz CT molecular complexity index is 1180. The van der Waals surface area contributed by atoms with Gasteiger partial charge in [-0.3, -0.25) is 9.59 Å². The van der Waals surface area contributed by atoms with E-state index in [0.29, 0.717) is 22.5 Å². The summed E-state index contributed by atoms with van der Waals surface area (Å²) in [7, 11) is 1.57. The number of hydrogen-bond donors (Lipinski definition) is 0. The minimum Gasteiger partial charge on any atom is -0.497 e. The first-order valence-electron chi connectivity index (χ1n) is 8.16. The van der Waals surface area contributed by atoms with Crippen LogP contribution in [0.5, 0.6) is 5.75 Å². The van der Waals surface area contributed by atoms with Crippen LogP contribution in [0.3, 0.4) is 0 Å². The van der Waals surface area contributed by atoms with E-state index in [0.717, 1.165) is 14.6 Å². The fourth-order valence-electron chi connectivity index (χ4n) is 2.75. The summed E-state index contributed by atoms with van der Waals surface area (Å²) in [5.41, 5.74) is 1.19. The van der Waals surface area contributed by atoms with Gasteiger partial charge in [0.2, 0.25) is 0 Å². The molecule has 0 fully saturated rings. The zero-order chi connectivity index (χ0) is 19.0. The summed E-state index contributed by atoms with van der Waals surface area (Å²) in [4.78, 5) is 30.8. The number of aromatic nitrogens is 3. The number of carbonyl (C=O) groups is 1. The molecule has 1 aromatic carbocycles. The lowest BCUT2D eigenvalue weighted by Crippen LogP contribution is -2.27. The Morgan fingerprint density at radius 3 is 2.67 bits per heavy atom. The van der Waals surface area contributed by atoms with E-state index in [2.05, 4.69) is 10.1 Å². The Balaban J connectivity index is 1.78. The summed E-state index contributed by atoms with van der Waals surface area (Å²) >= 11 is 2.98. The van der Waals surface area contributed by atoms with Crippen LogP contribution >= 0.6 is 22.7 Å². The Morgan fingerprint density at radius 1 is 1.22 bits per heavy atom. The van der Waals surface area contributed by atoms with Crippen LogP contribution in [0, 0.1) is 6.92 Å². The van der Waals surface area contributed by atoms with Crippen molar-refractivity contribution in [3.05, 3.63) is 62.7 Å². The number of ketones is 1. The first-order valence-corrected chi connectivity index (χ1v) is 9.86. The van der Waals surface area contributed by atoms with Gasteiger partial charge in [-0.2, -0.15) is 5.10 Å². The van der Waals surface area contributed by atoms with Crippen molar-refractivity contribution < 1.29 is 9.53 Å². The van der Waals surface area contributed by atoms with Crippen LogP contribution in [0.1, 0.15) is 15.4 Å². The van der Waals surface area contributed by atoms with Gasteiger partial charge in [0, 0.05) is 5.56 Å². The van der Waals surface area contributed by atoms with Crippen molar-refractivity contribution in [1.29, 1.82) is 0 Å². The zero-order valence-electron chi connectivity index (χ0n) is 14.6. The first-order chi connectivity index (χ1) is 13.1. The molecule has 0 N–H and O–H groups in total. The van der Waals surface area contributed by atoms with Gasteiger partial charge in [0.15, 0.2) is 11.3 Å². The van der Waals surface area contributed by atoms with Crippen molar-refractivity contribution in [2.24, 2.45) is 0 Å². The summed E-state index contributed by atoms with van der Waals surface area (Å²) in [6.45, 7) is 1.71. The Morgan fingerprint density at radius 2 is 2.00 bits per heavy atom. The smallest absolute Gasteiger partial charge is 0.294 e. The maximum Gasteiger partial charge on any atom is 0.294 e. The maximum atomic E-state index is 12.8. The quantitative estimate of drug-likeness (QED) is 0.479. The third-order valence-electron chi connectivity index (χ3n) is 4.07. The molecule has 8 heteroatoms. The van der Waals surface area contributed by atoms with Gasteiger partial charge in [0.1, 0.15) is 18.0 Å².